The molecule has 0 aliphatic carbocycles. The highest BCUT2D eigenvalue weighted by Crippen LogP contribution is 2.63. The van der Waals surface area contributed by atoms with Crippen LogP contribution in [0.2, 0.25) is 0 Å². The van der Waals surface area contributed by atoms with Gasteiger partial charge in [0.1, 0.15) is 0 Å². The van der Waals surface area contributed by atoms with Crippen molar-refractivity contribution in [1.82, 2.24) is 0 Å². The highest BCUT2D eigenvalue weighted by atomic mass is 32.3. The molecule has 0 nitrogen and oxygen atoms in total. The summed E-state index contributed by atoms with van der Waals surface area (Å²) in [5.41, 5.74) is 0. The fourth-order valence-corrected chi connectivity index (χ4v) is 32.9. The molecule has 0 N–H and O–H groups in total. The van der Waals surface area contributed by atoms with Gasteiger partial charge in [-0.1, -0.05) is 141 Å². The first kappa shape index (κ1) is 52.6. The predicted molar refractivity (Wildman–Crippen MR) is 331 cm³/mol. The molecule has 6 heterocycles. The molecule has 314 valence electrons. The Morgan fingerprint density at radius 1 is 0.310 bits per heavy atom. The predicted octanol–water partition coefficient (Wildman–Crippen LogP) is 19.9. The molecular formula is C34H34S24. The molecule has 0 spiro atoms. The van der Waals surface area contributed by atoms with Crippen LogP contribution in [0.15, 0.2) is 115 Å². The second kappa shape index (κ2) is 28.1. The van der Waals surface area contributed by atoms with Crippen LogP contribution in [0.25, 0.3) is 0 Å². The number of rotatable bonds is 19. The summed E-state index contributed by atoms with van der Waals surface area (Å²) in [5, 5.41) is 1.93. The minimum absolute atomic E-state index is 0.763. The normalized spacial score (nSPS) is 22.6. The van der Waals surface area contributed by atoms with Gasteiger partial charge in [-0.3, -0.25) is 0 Å². The minimum atomic E-state index is 0.763. The zero-order chi connectivity index (χ0) is 41.0. The number of hydrogen-bond donors (Lipinski definition) is 4. The molecule has 0 saturated carbocycles. The Hall–Kier alpha value is 5.28. The van der Waals surface area contributed by atoms with Gasteiger partial charge in [0.15, 0.2) is 0 Å². The number of thioether (sulfide) groups is 20. The third-order valence-corrected chi connectivity index (χ3v) is 35.4. The van der Waals surface area contributed by atoms with E-state index in [1.54, 1.807) is 0 Å². The van der Waals surface area contributed by atoms with E-state index in [0.29, 0.717) is 0 Å². The zero-order valence-electron chi connectivity index (χ0n) is 30.7. The van der Waals surface area contributed by atoms with Crippen molar-refractivity contribution in [3.8, 4) is 0 Å². The van der Waals surface area contributed by atoms with Crippen molar-refractivity contribution in [1.29, 1.82) is 0 Å². The third-order valence-electron chi connectivity index (χ3n) is 6.85. The maximum atomic E-state index is 4.73. The molecule has 0 aromatic rings. The SMILES string of the molecule is CSC1=C(SC)SC(=CC=C2SC(CS)=C(SCSC3=C(SCSC4=C(CS)S/C(=C\C=C5SC(SC)=C(SC)S5)S4)SC(=CC=C4SC(CS)=C(CS)S4)S3)S2)S1. The standard InChI is InChI=1S/C34H34S24/c1-39-29-30(40-2)54-24(53-29)9-6-22-49-19(13-37)27(51-22)43-15-45-33-34(58-26(57-33)8-5-21-47-17(11-35)18(12-36)48-21)46-16-44-28-20(14-38)50-23(52-28)7-10-25-55-31(41-3)32(42-4)56-25/h5-10,35-38H,11-16H2,1-4H3/b22-6+,23-7?,26-8?. The molecule has 6 aliphatic heterocycles. The van der Waals surface area contributed by atoms with E-state index in [4.69, 9.17) is 25.3 Å². The Morgan fingerprint density at radius 3 is 0.828 bits per heavy atom. The summed E-state index contributed by atoms with van der Waals surface area (Å²) in [4.78, 5) is 5.37. The zero-order valence-corrected chi connectivity index (χ0v) is 50.6. The molecule has 24 heteroatoms. The molecule has 0 amide bonds. The van der Waals surface area contributed by atoms with E-state index < -0.39 is 0 Å². The van der Waals surface area contributed by atoms with E-state index in [-0.39, 0.29) is 0 Å². The van der Waals surface area contributed by atoms with Crippen LogP contribution in [0.3, 0.4) is 0 Å². The van der Waals surface area contributed by atoms with Crippen molar-refractivity contribution >= 4 is 286 Å². The van der Waals surface area contributed by atoms with Gasteiger partial charge < -0.3 is 0 Å². The molecule has 6 rings (SSSR count). The van der Waals surface area contributed by atoms with Crippen LogP contribution >= 0.6 is 286 Å². The molecule has 0 aromatic heterocycles. The number of hydrogen-bond acceptors (Lipinski definition) is 24. The van der Waals surface area contributed by atoms with Gasteiger partial charge in [0.2, 0.25) is 0 Å². The summed E-state index contributed by atoms with van der Waals surface area (Å²) in [6.07, 6.45) is 22.5. The molecule has 0 atom stereocenters. The highest BCUT2D eigenvalue weighted by molar-refractivity contribution is 8.45. The van der Waals surface area contributed by atoms with Crippen molar-refractivity contribution in [2.24, 2.45) is 0 Å². The van der Waals surface area contributed by atoms with Crippen molar-refractivity contribution in [3.63, 3.8) is 0 Å². The summed E-state index contributed by atoms with van der Waals surface area (Å²) in [6.45, 7) is 0. The van der Waals surface area contributed by atoms with Gasteiger partial charge in [0, 0.05) is 57.0 Å². The van der Waals surface area contributed by atoms with Crippen molar-refractivity contribution in [3.05, 3.63) is 115 Å². The minimum Gasteiger partial charge on any atom is -0.174 e. The fraction of sp³-hybridized carbons (Fsp3) is 0.294. The van der Waals surface area contributed by atoms with Gasteiger partial charge in [0.05, 0.1) is 55.1 Å². The van der Waals surface area contributed by atoms with Crippen molar-refractivity contribution in [2.75, 3.05) is 58.2 Å². The van der Waals surface area contributed by atoms with Gasteiger partial charge >= 0.3 is 0 Å². The first-order valence-electron chi connectivity index (χ1n) is 16.2. The topological polar surface area (TPSA) is 0 Å². The lowest BCUT2D eigenvalue weighted by Gasteiger charge is -2.07. The smallest absolute Gasteiger partial charge is 0.0668 e. The lowest BCUT2D eigenvalue weighted by atomic mass is 10.6. The summed E-state index contributed by atoms with van der Waals surface area (Å²) >= 11 is 56.5. The molecule has 58 heavy (non-hydrogen) atoms. The second-order valence-electron chi connectivity index (χ2n) is 10.4. The van der Waals surface area contributed by atoms with E-state index in [1.807, 2.05) is 235 Å². The van der Waals surface area contributed by atoms with Gasteiger partial charge in [-0.2, -0.15) is 50.5 Å². The number of thiol groups is 4. The van der Waals surface area contributed by atoms with Gasteiger partial charge in [-0.15, -0.1) is 94.1 Å². The lowest BCUT2D eigenvalue weighted by Crippen LogP contribution is -1.80. The molecule has 0 fully saturated rings. The molecule has 0 saturated heterocycles. The average molecular weight is 1210 g/mol. The van der Waals surface area contributed by atoms with Gasteiger partial charge in [-0.05, 0) is 61.5 Å². The van der Waals surface area contributed by atoms with E-state index in [0.717, 1.165) is 33.2 Å². The maximum Gasteiger partial charge on any atom is 0.0668 e. The van der Waals surface area contributed by atoms with Gasteiger partial charge in [-0.25, -0.2) is 0 Å². The maximum absolute atomic E-state index is 4.73. The average Bonchev–Trinajstić information content (AvgIpc) is 4.11. The van der Waals surface area contributed by atoms with Crippen LogP contribution in [-0.2, 0) is 0 Å². The van der Waals surface area contributed by atoms with E-state index in [2.05, 4.69) is 86.7 Å². The summed E-state index contributed by atoms with van der Waals surface area (Å²) in [6, 6.07) is 0. The van der Waals surface area contributed by atoms with Crippen LogP contribution in [-0.4, -0.2) is 58.2 Å². The third kappa shape index (κ3) is 15.4. The molecule has 0 radical (unpaired) electrons. The van der Waals surface area contributed by atoms with Crippen LogP contribution in [0.5, 0.6) is 0 Å². The second-order valence-corrected chi connectivity index (χ2v) is 36.2. The first-order chi connectivity index (χ1) is 28.3. The summed E-state index contributed by atoms with van der Waals surface area (Å²) < 4.78 is 19.2. The van der Waals surface area contributed by atoms with Crippen LogP contribution in [0.4, 0.5) is 0 Å². The fourth-order valence-electron chi connectivity index (χ4n) is 4.32. The highest BCUT2D eigenvalue weighted by Gasteiger charge is 2.27. The molecule has 0 unspecified atom stereocenters. The largest absolute Gasteiger partial charge is 0.174 e. The van der Waals surface area contributed by atoms with E-state index in [9.17, 15) is 0 Å². The molecule has 6 aliphatic rings. The van der Waals surface area contributed by atoms with Crippen LogP contribution < -0.4 is 0 Å². The Morgan fingerprint density at radius 2 is 0.534 bits per heavy atom. The molecular weight excluding hydrogens is 1180 g/mol. The molecule has 0 aromatic carbocycles. The van der Waals surface area contributed by atoms with Gasteiger partial charge in [0.25, 0.3) is 0 Å². The monoisotopic (exact) mass is 1210 g/mol. The van der Waals surface area contributed by atoms with E-state index in [1.165, 1.54) is 78.9 Å². The Kier molecular flexibility index (Phi) is 25.5. The Bertz CT molecular complexity index is 1800. The first-order valence-corrected chi connectivity index (χ1v) is 37.4. The van der Waals surface area contributed by atoms with Crippen LogP contribution in [0.1, 0.15) is 0 Å². The van der Waals surface area contributed by atoms with Crippen LogP contribution in [0, 0.1) is 0 Å². The van der Waals surface area contributed by atoms with E-state index >= 15 is 0 Å². The summed E-state index contributed by atoms with van der Waals surface area (Å²) in [7, 11) is 0. The van der Waals surface area contributed by atoms with Crippen molar-refractivity contribution < 1.29 is 0 Å². The number of allylic oxidation sites excluding steroid dienone is 6. The Labute approximate surface area is 452 Å². The molecule has 0 bridgehead atoms. The summed E-state index contributed by atoms with van der Waals surface area (Å²) in [5.74, 6) is 3.06. The quantitative estimate of drug-likeness (QED) is 0.0716. The Balaban J connectivity index is 1.08. The lowest BCUT2D eigenvalue weighted by molar-refractivity contribution is 1.61. The van der Waals surface area contributed by atoms with Crippen molar-refractivity contribution in [2.45, 2.75) is 0 Å².